The molecule has 0 heterocycles. The molecule has 0 unspecified atom stereocenters. The molecular weight excluding hydrogens is 217 g/mol. The molecule has 0 atom stereocenters. The van der Waals surface area contributed by atoms with Gasteiger partial charge in [0.25, 0.3) is 0 Å². The third-order valence-corrected chi connectivity index (χ3v) is 1.77. The summed E-state index contributed by atoms with van der Waals surface area (Å²) in [6.07, 6.45) is 0.277. The Hall–Kier alpha value is -0.0700. The summed E-state index contributed by atoms with van der Waals surface area (Å²) < 4.78 is 14.2. The van der Waals surface area contributed by atoms with E-state index in [0.717, 1.165) is 0 Å². The molecule has 8 heteroatoms. The average Bonchev–Trinajstić information content (AvgIpc) is 1.97. The molecule has 6 nitrogen and oxygen atoms in total. The van der Waals surface area contributed by atoms with Crippen molar-refractivity contribution in [2.45, 2.75) is 6.42 Å². The molecule has 0 fully saturated rings. The van der Waals surface area contributed by atoms with E-state index in [1.807, 2.05) is 0 Å². The normalized spacial score (nSPS) is 11.3. The second-order valence-corrected chi connectivity index (χ2v) is 3.83. The molecule has 0 radical (unpaired) electrons. The van der Waals surface area contributed by atoms with E-state index in [9.17, 15) is 9.36 Å². The van der Waals surface area contributed by atoms with Gasteiger partial charge in [-0.05, 0) is 5.75 Å². The lowest BCUT2D eigenvalue weighted by Gasteiger charge is -2.05. The van der Waals surface area contributed by atoms with Gasteiger partial charge in [-0.2, -0.15) is 12.6 Å². The van der Waals surface area contributed by atoms with E-state index in [2.05, 4.69) is 22.5 Å². The molecular formula is C5H12NO5PS. The number of amides is 1. The van der Waals surface area contributed by atoms with Gasteiger partial charge in [0.15, 0.2) is 0 Å². The van der Waals surface area contributed by atoms with Crippen molar-refractivity contribution in [2.24, 2.45) is 0 Å². The van der Waals surface area contributed by atoms with Crippen LogP contribution in [0.5, 0.6) is 0 Å². The van der Waals surface area contributed by atoms with Crippen LogP contribution in [0, 0.1) is 0 Å². The van der Waals surface area contributed by atoms with Gasteiger partial charge in [0.2, 0.25) is 5.91 Å². The van der Waals surface area contributed by atoms with Crippen LogP contribution in [-0.2, 0) is 13.9 Å². The van der Waals surface area contributed by atoms with E-state index in [0.29, 0.717) is 5.75 Å². The Morgan fingerprint density at radius 3 is 2.62 bits per heavy atom. The van der Waals surface area contributed by atoms with Crippen LogP contribution < -0.4 is 5.32 Å². The Bertz CT molecular complexity index is 205. The Morgan fingerprint density at radius 1 is 1.54 bits per heavy atom. The lowest BCUT2D eigenvalue weighted by Crippen LogP contribution is -2.26. The summed E-state index contributed by atoms with van der Waals surface area (Å²) in [6, 6.07) is 0. The molecule has 0 aliphatic rings. The molecule has 78 valence electrons. The SMILES string of the molecule is O=C(CCS)NCCOP(=O)(O)O. The minimum Gasteiger partial charge on any atom is -0.354 e. The smallest absolute Gasteiger partial charge is 0.354 e. The maximum absolute atomic E-state index is 10.8. The highest BCUT2D eigenvalue weighted by Gasteiger charge is 2.12. The summed E-state index contributed by atoms with van der Waals surface area (Å²) in [5.41, 5.74) is 0. The Kier molecular flexibility index (Phi) is 6.36. The first-order chi connectivity index (χ1) is 5.95. The molecule has 0 saturated heterocycles. The van der Waals surface area contributed by atoms with E-state index in [1.165, 1.54) is 0 Å². The second kappa shape index (κ2) is 6.39. The molecule has 0 aliphatic heterocycles. The molecule has 3 N–H and O–H groups in total. The van der Waals surface area contributed by atoms with Crippen LogP contribution in [0.3, 0.4) is 0 Å². The molecule has 13 heavy (non-hydrogen) atoms. The fourth-order valence-electron chi connectivity index (χ4n) is 0.545. The standard InChI is InChI=1S/C5H12NO5PS/c7-5(1-4-13)6-2-3-11-12(8,9)10/h13H,1-4H2,(H,6,7)(H2,8,9,10). The number of phosphoric acid groups is 1. The van der Waals surface area contributed by atoms with Crippen molar-refractivity contribution in [3.8, 4) is 0 Å². The van der Waals surface area contributed by atoms with E-state index < -0.39 is 7.82 Å². The minimum atomic E-state index is -4.41. The number of carbonyl (C=O) groups excluding carboxylic acids is 1. The fourth-order valence-corrected chi connectivity index (χ4v) is 1.08. The highest BCUT2D eigenvalue weighted by atomic mass is 32.1. The van der Waals surface area contributed by atoms with Crippen LogP contribution in [0.2, 0.25) is 0 Å². The molecule has 0 aromatic rings. The molecule has 0 saturated carbocycles. The Morgan fingerprint density at radius 2 is 2.15 bits per heavy atom. The number of phosphoric ester groups is 1. The molecule has 1 amide bonds. The predicted molar refractivity (Wildman–Crippen MR) is 49.5 cm³/mol. The van der Waals surface area contributed by atoms with Crippen LogP contribution in [0.1, 0.15) is 6.42 Å². The monoisotopic (exact) mass is 229 g/mol. The van der Waals surface area contributed by atoms with E-state index >= 15 is 0 Å². The van der Waals surface area contributed by atoms with Crippen molar-refractivity contribution >= 4 is 26.4 Å². The zero-order valence-corrected chi connectivity index (χ0v) is 8.63. The highest BCUT2D eigenvalue weighted by Crippen LogP contribution is 2.34. The molecule has 0 rings (SSSR count). The maximum Gasteiger partial charge on any atom is 0.469 e. The first-order valence-electron chi connectivity index (χ1n) is 3.53. The van der Waals surface area contributed by atoms with Gasteiger partial charge in [0, 0.05) is 13.0 Å². The van der Waals surface area contributed by atoms with Crippen molar-refractivity contribution in [1.29, 1.82) is 0 Å². The van der Waals surface area contributed by atoms with Crippen molar-refractivity contribution in [3.63, 3.8) is 0 Å². The maximum atomic E-state index is 10.8. The van der Waals surface area contributed by atoms with Gasteiger partial charge >= 0.3 is 7.82 Å². The van der Waals surface area contributed by atoms with Gasteiger partial charge in [-0.1, -0.05) is 0 Å². The number of hydrogen-bond acceptors (Lipinski definition) is 4. The van der Waals surface area contributed by atoms with Gasteiger partial charge in [-0.25, -0.2) is 4.57 Å². The van der Waals surface area contributed by atoms with Crippen molar-refractivity contribution < 1.29 is 23.7 Å². The first-order valence-corrected chi connectivity index (χ1v) is 5.69. The molecule has 0 aromatic heterocycles. The number of thiol groups is 1. The van der Waals surface area contributed by atoms with Crippen LogP contribution in [0.25, 0.3) is 0 Å². The van der Waals surface area contributed by atoms with Crippen LogP contribution in [0.4, 0.5) is 0 Å². The number of nitrogens with one attached hydrogen (secondary N) is 1. The van der Waals surface area contributed by atoms with Crippen LogP contribution in [-0.4, -0.2) is 34.6 Å². The summed E-state index contributed by atoms with van der Waals surface area (Å²) in [7, 11) is -4.41. The summed E-state index contributed by atoms with van der Waals surface area (Å²) >= 11 is 3.83. The second-order valence-electron chi connectivity index (χ2n) is 2.15. The Balaban J connectivity index is 3.36. The topological polar surface area (TPSA) is 95.9 Å². The number of carbonyl (C=O) groups is 1. The fraction of sp³-hybridized carbons (Fsp3) is 0.800. The summed E-state index contributed by atoms with van der Waals surface area (Å²) in [4.78, 5) is 27.3. The van der Waals surface area contributed by atoms with Gasteiger partial charge in [0.1, 0.15) is 0 Å². The third-order valence-electron chi connectivity index (χ3n) is 1.02. The largest absolute Gasteiger partial charge is 0.469 e. The van der Waals surface area contributed by atoms with Crippen molar-refractivity contribution in [1.82, 2.24) is 5.32 Å². The number of rotatable bonds is 6. The van der Waals surface area contributed by atoms with E-state index in [-0.39, 0.29) is 25.5 Å². The average molecular weight is 229 g/mol. The first kappa shape index (κ1) is 12.9. The van der Waals surface area contributed by atoms with E-state index in [1.54, 1.807) is 0 Å². The quantitative estimate of drug-likeness (QED) is 0.280. The lowest BCUT2D eigenvalue weighted by atomic mass is 10.4. The molecule has 0 bridgehead atoms. The van der Waals surface area contributed by atoms with Gasteiger partial charge in [-0.15, -0.1) is 0 Å². The predicted octanol–water partition coefficient (Wildman–Crippen LogP) is -0.468. The van der Waals surface area contributed by atoms with Crippen LogP contribution in [0.15, 0.2) is 0 Å². The Labute approximate surface area is 81.3 Å². The molecule has 0 aromatic carbocycles. The lowest BCUT2D eigenvalue weighted by molar-refractivity contribution is -0.120. The van der Waals surface area contributed by atoms with E-state index in [4.69, 9.17) is 9.79 Å². The zero-order chi connectivity index (χ0) is 10.3. The van der Waals surface area contributed by atoms with Gasteiger partial charge in [0.05, 0.1) is 6.61 Å². The summed E-state index contributed by atoms with van der Waals surface area (Å²) in [5.74, 6) is 0.217. The zero-order valence-electron chi connectivity index (χ0n) is 6.84. The van der Waals surface area contributed by atoms with Gasteiger partial charge < -0.3 is 15.1 Å². The third kappa shape index (κ3) is 9.85. The minimum absolute atomic E-state index is 0.0811. The van der Waals surface area contributed by atoms with Crippen molar-refractivity contribution in [3.05, 3.63) is 0 Å². The summed E-state index contributed by atoms with van der Waals surface area (Å²) in [6.45, 7) is -0.125. The molecule has 0 spiro atoms. The van der Waals surface area contributed by atoms with Gasteiger partial charge in [-0.3, -0.25) is 9.32 Å². The van der Waals surface area contributed by atoms with Crippen LogP contribution >= 0.6 is 20.5 Å². The number of hydrogen-bond donors (Lipinski definition) is 4. The summed E-state index contributed by atoms with van der Waals surface area (Å²) in [5, 5.41) is 2.40. The van der Waals surface area contributed by atoms with Crippen molar-refractivity contribution in [2.75, 3.05) is 18.9 Å². The highest BCUT2D eigenvalue weighted by molar-refractivity contribution is 7.80. The molecule has 0 aliphatic carbocycles.